The van der Waals surface area contributed by atoms with Gasteiger partial charge in [0.05, 0.1) is 14.2 Å². The van der Waals surface area contributed by atoms with E-state index >= 15 is 0 Å². The number of methoxy groups -OCH3 is 2. The van der Waals surface area contributed by atoms with Crippen molar-refractivity contribution in [1.82, 2.24) is 0 Å². The molecule has 0 aliphatic rings. The Balaban J connectivity index is 2.40. The molecule has 0 aliphatic heterocycles. The summed E-state index contributed by atoms with van der Waals surface area (Å²) in [5, 5.41) is 23.3. The van der Waals surface area contributed by atoms with Gasteiger partial charge in [0.1, 0.15) is 0 Å². The van der Waals surface area contributed by atoms with Gasteiger partial charge < -0.3 is 25.0 Å². The molecule has 36 heavy (non-hydrogen) atoms. The molecule has 0 aliphatic carbocycles. The number of hydrogen-bond donors (Lipinski definition) is 3. The number of hydrogen-bond acceptors (Lipinski definition) is 5. The summed E-state index contributed by atoms with van der Waals surface area (Å²) < 4.78 is 11.1. The van der Waals surface area contributed by atoms with Crippen molar-refractivity contribution in [2.45, 2.75) is 60.3 Å². The van der Waals surface area contributed by atoms with Gasteiger partial charge in [0.15, 0.2) is 23.0 Å². The highest BCUT2D eigenvalue weighted by atomic mass is 16.5. The van der Waals surface area contributed by atoms with Gasteiger partial charge in [-0.15, -0.1) is 0 Å². The van der Waals surface area contributed by atoms with Gasteiger partial charge in [-0.25, -0.2) is 0 Å². The number of phenolic OH excluding ortho intramolecular Hbond substituents is 2. The lowest BCUT2D eigenvalue weighted by Gasteiger charge is -2.17. The van der Waals surface area contributed by atoms with Crippen molar-refractivity contribution < 1.29 is 24.5 Å². The van der Waals surface area contributed by atoms with E-state index in [0.717, 1.165) is 18.4 Å². The van der Waals surface area contributed by atoms with E-state index in [1.807, 2.05) is 19.9 Å². The highest BCUT2D eigenvalue weighted by Crippen LogP contribution is 2.36. The van der Waals surface area contributed by atoms with E-state index in [-0.39, 0.29) is 17.4 Å². The summed E-state index contributed by atoms with van der Waals surface area (Å²) in [4.78, 5) is 13.4. The maximum atomic E-state index is 13.4. The number of ether oxygens (including phenoxy) is 2. The van der Waals surface area contributed by atoms with Crippen LogP contribution in [-0.4, -0.2) is 30.3 Å². The molecule has 0 saturated heterocycles. The van der Waals surface area contributed by atoms with Crippen LogP contribution >= 0.6 is 0 Å². The topological polar surface area (TPSA) is 88.0 Å². The fourth-order valence-corrected chi connectivity index (χ4v) is 3.79. The first-order valence-corrected chi connectivity index (χ1v) is 12.1. The van der Waals surface area contributed by atoms with Crippen LogP contribution in [0.5, 0.6) is 23.0 Å². The predicted molar refractivity (Wildman–Crippen MR) is 147 cm³/mol. The van der Waals surface area contributed by atoms with Gasteiger partial charge >= 0.3 is 0 Å². The molecule has 0 atom stereocenters. The number of carbonyl (C=O) groups is 1. The third kappa shape index (κ3) is 7.94. The Hall–Kier alpha value is -3.67. The maximum absolute atomic E-state index is 13.4. The first-order chi connectivity index (χ1) is 17.1. The Morgan fingerprint density at radius 1 is 0.917 bits per heavy atom. The van der Waals surface area contributed by atoms with Crippen LogP contribution in [0.15, 0.2) is 59.2 Å². The van der Waals surface area contributed by atoms with Gasteiger partial charge in [-0.1, -0.05) is 34.9 Å². The summed E-state index contributed by atoms with van der Waals surface area (Å²) in [6, 6.07) is 6.42. The number of carbonyl (C=O) groups excluding carboxylic acids is 1. The standard InChI is InChI=1S/C30H39NO5/c1-19(2)9-8-10-21(5)12-14-24-25(15-16-27(35-6)29(24)36-7)30(34)31-23-17-22(13-11-20(3)4)28(33)26(32)18-23/h9,11-12,15-18,32-33H,8,10,13-14H2,1-7H3,(H,31,34)/b21-12+. The zero-order chi connectivity index (χ0) is 26.8. The van der Waals surface area contributed by atoms with Crippen LogP contribution in [0.2, 0.25) is 0 Å². The van der Waals surface area contributed by atoms with Gasteiger partial charge in [-0.05, 0) is 78.5 Å². The number of aromatic hydroxyl groups is 2. The Morgan fingerprint density at radius 2 is 1.61 bits per heavy atom. The number of anilines is 1. The maximum Gasteiger partial charge on any atom is 0.256 e. The van der Waals surface area contributed by atoms with Gasteiger partial charge in [0.2, 0.25) is 0 Å². The second-order valence-electron chi connectivity index (χ2n) is 9.34. The van der Waals surface area contributed by atoms with Gasteiger partial charge in [0, 0.05) is 28.4 Å². The molecule has 0 spiro atoms. The molecule has 0 heterocycles. The van der Waals surface area contributed by atoms with Crippen LogP contribution in [-0.2, 0) is 12.8 Å². The lowest BCUT2D eigenvalue weighted by atomic mass is 9.99. The molecule has 1 amide bonds. The van der Waals surface area contributed by atoms with E-state index < -0.39 is 0 Å². The molecule has 0 aromatic heterocycles. The molecule has 6 heteroatoms. The van der Waals surface area contributed by atoms with E-state index in [4.69, 9.17) is 9.47 Å². The number of benzene rings is 2. The molecular formula is C30H39NO5. The first-order valence-electron chi connectivity index (χ1n) is 12.1. The summed E-state index contributed by atoms with van der Waals surface area (Å²) in [7, 11) is 3.12. The Morgan fingerprint density at radius 3 is 2.22 bits per heavy atom. The smallest absolute Gasteiger partial charge is 0.256 e. The van der Waals surface area contributed by atoms with Crippen molar-refractivity contribution >= 4 is 11.6 Å². The number of rotatable bonds is 11. The third-order valence-electron chi connectivity index (χ3n) is 5.80. The molecule has 194 valence electrons. The highest BCUT2D eigenvalue weighted by Gasteiger charge is 2.20. The van der Waals surface area contributed by atoms with E-state index in [1.165, 1.54) is 17.2 Å². The molecule has 0 unspecified atom stereocenters. The van der Waals surface area contributed by atoms with Crippen molar-refractivity contribution in [3.63, 3.8) is 0 Å². The van der Waals surface area contributed by atoms with Crippen molar-refractivity contribution in [3.05, 3.63) is 75.9 Å². The highest BCUT2D eigenvalue weighted by molar-refractivity contribution is 6.06. The van der Waals surface area contributed by atoms with E-state index in [0.29, 0.717) is 46.7 Å². The molecule has 6 nitrogen and oxygen atoms in total. The van der Waals surface area contributed by atoms with Crippen LogP contribution in [0.3, 0.4) is 0 Å². The number of allylic oxidation sites excluding steroid dienone is 6. The minimum atomic E-state index is -0.347. The molecule has 2 rings (SSSR count). The molecule has 0 saturated carbocycles. The summed E-state index contributed by atoms with van der Waals surface area (Å²) in [6.07, 6.45) is 9.09. The number of nitrogens with one attached hydrogen (secondary N) is 1. The van der Waals surface area contributed by atoms with Crippen LogP contribution in [0.4, 0.5) is 5.69 Å². The molecule has 2 aromatic carbocycles. The molecule has 0 radical (unpaired) electrons. The monoisotopic (exact) mass is 493 g/mol. The van der Waals surface area contributed by atoms with Gasteiger partial charge in [-0.3, -0.25) is 4.79 Å². The fraction of sp³-hybridized carbons (Fsp3) is 0.367. The molecule has 0 fully saturated rings. The second-order valence-corrected chi connectivity index (χ2v) is 9.34. The average Bonchev–Trinajstić information content (AvgIpc) is 2.82. The lowest BCUT2D eigenvalue weighted by molar-refractivity contribution is 0.102. The zero-order valence-electron chi connectivity index (χ0n) is 22.5. The zero-order valence-corrected chi connectivity index (χ0v) is 22.5. The van der Waals surface area contributed by atoms with E-state index in [9.17, 15) is 15.0 Å². The van der Waals surface area contributed by atoms with Crippen molar-refractivity contribution in [3.8, 4) is 23.0 Å². The lowest BCUT2D eigenvalue weighted by Crippen LogP contribution is -2.15. The Bertz CT molecular complexity index is 1170. The van der Waals surface area contributed by atoms with Crippen LogP contribution < -0.4 is 14.8 Å². The van der Waals surface area contributed by atoms with Gasteiger partial charge in [-0.2, -0.15) is 0 Å². The SMILES string of the molecule is COc1ccc(C(=O)Nc2cc(O)c(O)c(CC=C(C)C)c2)c(C/C=C(\C)CCC=C(C)C)c1OC. The molecular weight excluding hydrogens is 454 g/mol. The summed E-state index contributed by atoms with van der Waals surface area (Å²) in [5.41, 5.74) is 5.66. The van der Waals surface area contributed by atoms with Crippen LogP contribution in [0, 0.1) is 0 Å². The normalized spacial score (nSPS) is 11.0. The summed E-state index contributed by atoms with van der Waals surface area (Å²) in [6.45, 7) is 10.2. The van der Waals surface area contributed by atoms with Crippen molar-refractivity contribution in [2.24, 2.45) is 0 Å². The minimum absolute atomic E-state index is 0.189. The van der Waals surface area contributed by atoms with Crippen LogP contribution in [0.25, 0.3) is 0 Å². The minimum Gasteiger partial charge on any atom is -0.504 e. The Kier molecular flexibility index (Phi) is 10.7. The second kappa shape index (κ2) is 13.4. The van der Waals surface area contributed by atoms with Crippen LogP contribution in [0.1, 0.15) is 68.9 Å². The molecule has 2 aromatic rings. The predicted octanol–water partition coefficient (Wildman–Crippen LogP) is 7.11. The average molecular weight is 494 g/mol. The third-order valence-corrected chi connectivity index (χ3v) is 5.80. The van der Waals surface area contributed by atoms with Crippen molar-refractivity contribution in [2.75, 3.05) is 19.5 Å². The molecule has 3 N–H and O–H groups in total. The summed E-state index contributed by atoms with van der Waals surface area (Å²) >= 11 is 0. The number of phenols is 2. The van der Waals surface area contributed by atoms with Gasteiger partial charge in [0.25, 0.3) is 5.91 Å². The quantitative estimate of drug-likeness (QED) is 0.176. The largest absolute Gasteiger partial charge is 0.504 e. The van der Waals surface area contributed by atoms with E-state index in [2.05, 4.69) is 38.2 Å². The number of amides is 1. The Labute approximate surface area is 215 Å². The van der Waals surface area contributed by atoms with Crippen molar-refractivity contribution in [1.29, 1.82) is 0 Å². The fourth-order valence-electron chi connectivity index (χ4n) is 3.79. The first kappa shape index (κ1) is 28.6. The summed E-state index contributed by atoms with van der Waals surface area (Å²) in [5.74, 6) is 0.237. The molecule has 0 bridgehead atoms. The van der Waals surface area contributed by atoms with E-state index in [1.54, 1.807) is 32.4 Å².